The Hall–Kier alpha value is -1.51. The van der Waals surface area contributed by atoms with Crippen molar-refractivity contribution in [3.05, 3.63) is 40.5 Å². The Morgan fingerprint density at radius 3 is 2.79 bits per heavy atom. The zero-order valence-corrected chi connectivity index (χ0v) is 14.8. The fourth-order valence-corrected chi connectivity index (χ4v) is 5.75. The lowest BCUT2D eigenvalue weighted by Crippen LogP contribution is -2.61. The number of pyridine rings is 1. The Morgan fingerprint density at radius 1 is 1.46 bits per heavy atom. The van der Waals surface area contributed by atoms with Gasteiger partial charge in [-0.2, -0.15) is 0 Å². The third-order valence-corrected chi connectivity index (χ3v) is 6.77. The van der Waals surface area contributed by atoms with Gasteiger partial charge in [0.1, 0.15) is 11.9 Å². The van der Waals surface area contributed by atoms with Crippen molar-refractivity contribution in [3.8, 4) is 0 Å². The van der Waals surface area contributed by atoms with Crippen LogP contribution in [0.15, 0.2) is 40.5 Å². The molecule has 0 saturated carbocycles. The molecule has 1 N–H and O–H groups in total. The number of β-lactam (4-membered cyclic amide) rings is 1. The molecule has 0 bridgehead atoms. The van der Waals surface area contributed by atoms with Gasteiger partial charge in [0.25, 0.3) is 0 Å². The number of rotatable bonds is 7. The molecule has 0 radical (unpaired) electrons. The molecule has 1 aromatic rings. The molecule has 6 nitrogen and oxygen atoms in total. The number of aliphatic hydroxyl groups is 1. The molecule has 0 aromatic carbocycles. The zero-order chi connectivity index (χ0) is 17.3. The summed E-state index contributed by atoms with van der Waals surface area (Å²) in [5, 5.41) is 20.8. The predicted octanol–water partition coefficient (Wildman–Crippen LogP) is -0.0715. The standard InChI is InChI=1S/C16H18N2O4S2/c1-10(19)11-13(20)18-12(15(21)22)16(24-14(11)18)23-9-5-8-17-6-3-2-4-7-17/h2-4,6-7,10-11,14,19H,5,8-9H2,1H3/t10-,11+,14-/m1/s1. The number of aliphatic carboxylic acids is 1. The molecule has 1 aromatic heterocycles. The molecule has 3 atom stereocenters. The van der Waals surface area contributed by atoms with Crippen LogP contribution in [-0.4, -0.2) is 39.1 Å². The number of fused-ring (bicyclic) bond motifs is 1. The summed E-state index contributed by atoms with van der Waals surface area (Å²) in [7, 11) is 0. The molecule has 1 fully saturated rings. The maximum absolute atomic E-state index is 12.1. The van der Waals surface area contributed by atoms with Crippen LogP contribution < -0.4 is 9.67 Å². The van der Waals surface area contributed by atoms with Crippen molar-refractivity contribution in [2.45, 2.75) is 31.4 Å². The van der Waals surface area contributed by atoms with Crippen LogP contribution in [0.3, 0.4) is 0 Å². The highest BCUT2D eigenvalue weighted by Gasteiger charge is 2.56. The summed E-state index contributed by atoms with van der Waals surface area (Å²) in [5.41, 5.74) is -0.0377. The largest absolute Gasteiger partial charge is 0.543 e. The lowest BCUT2D eigenvalue weighted by molar-refractivity contribution is -0.696. The smallest absolute Gasteiger partial charge is 0.236 e. The summed E-state index contributed by atoms with van der Waals surface area (Å²) in [6, 6.07) is 5.88. The molecule has 0 spiro atoms. The number of carboxylic acids is 1. The fraction of sp³-hybridized carbons (Fsp3) is 0.438. The van der Waals surface area contributed by atoms with Gasteiger partial charge in [0.15, 0.2) is 12.4 Å². The first kappa shape index (κ1) is 17.3. The van der Waals surface area contributed by atoms with Crippen molar-refractivity contribution < 1.29 is 24.4 Å². The van der Waals surface area contributed by atoms with E-state index in [1.54, 1.807) is 6.92 Å². The molecule has 8 heteroatoms. The lowest BCUT2D eigenvalue weighted by Gasteiger charge is -2.44. The van der Waals surface area contributed by atoms with E-state index in [0.29, 0.717) is 4.24 Å². The molecular weight excluding hydrogens is 348 g/mol. The van der Waals surface area contributed by atoms with Crippen LogP contribution in [0.1, 0.15) is 13.3 Å². The molecule has 3 heterocycles. The number of aromatic nitrogens is 1. The Labute approximate surface area is 148 Å². The van der Waals surface area contributed by atoms with Crippen LogP contribution in [0.4, 0.5) is 0 Å². The van der Waals surface area contributed by atoms with Crippen molar-refractivity contribution in [1.29, 1.82) is 0 Å². The zero-order valence-electron chi connectivity index (χ0n) is 13.1. The average molecular weight is 366 g/mol. The summed E-state index contributed by atoms with van der Waals surface area (Å²) < 4.78 is 2.67. The highest BCUT2D eigenvalue weighted by atomic mass is 32.2. The molecule has 0 unspecified atom stereocenters. The number of hydrogen-bond acceptors (Lipinski definition) is 6. The van der Waals surface area contributed by atoms with Gasteiger partial charge in [-0.25, -0.2) is 4.57 Å². The van der Waals surface area contributed by atoms with Crippen molar-refractivity contribution in [2.75, 3.05) is 5.75 Å². The molecule has 0 aliphatic carbocycles. The van der Waals surface area contributed by atoms with E-state index in [1.807, 2.05) is 30.6 Å². The van der Waals surface area contributed by atoms with Gasteiger partial charge in [-0.3, -0.25) is 9.69 Å². The molecule has 2 aliphatic rings. The van der Waals surface area contributed by atoms with Gasteiger partial charge in [-0.15, -0.1) is 11.8 Å². The fourth-order valence-electron chi connectivity index (χ4n) is 2.84. The van der Waals surface area contributed by atoms with Crippen LogP contribution in [0.5, 0.6) is 0 Å². The molecule has 2 aliphatic heterocycles. The van der Waals surface area contributed by atoms with Crippen molar-refractivity contribution >= 4 is 35.4 Å². The molecule has 24 heavy (non-hydrogen) atoms. The topological polar surface area (TPSA) is 84.5 Å². The summed E-state index contributed by atoms with van der Waals surface area (Å²) in [5.74, 6) is -1.46. The minimum Gasteiger partial charge on any atom is -0.543 e. The summed E-state index contributed by atoms with van der Waals surface area (Å²) in [4.78, 5) is 24.8. The van der Waals surface area contributed by atoms with E-state index in [0.717, 1.165) is 18.7 Å². The minimum absolute atomic E-state index is 0.0377. The maximum atomic E-state index is 12.1. The SMILES string of the molecule is C[C@@H](O)[C@H]1C(=O)N2C(C(=O)[O-])=C(SCCC[n+]3ccccc3)S[C@H]12. The number of nitrogens with zero attached hydrogens (tertiary/aromatic N) is 2. The van der Waals surface area contributed by atoms with Crippen LogP contribution in [-0.2, 0) is 16.1 Å². The normalized spacial score (nSPS) is 23.9. The van der Waals surface area contributed by atoms with Gasteiger partial charge >= 0.3 is 0 Å². The second kappa shape index (κ2) is 7.16. The van der Waals surface area contributed by atoms with Gasteiger partial charge in [0.05, 0.1) is 27.9 Å². The number of aryl methyl sites for hydroxylation is 1. The van der Waals surface area contributed by atoms with E-state index in [-0.39, 0.29) is 17.0 Å². The van der Waals surface area contributed by atoms with Crippen molar-refractivity contribution in [2.24, 2.45) is 5.92 Å². The molecular formula is C16H18N2O4S2. The maximum Gasteiger partial charge on any atom is 0.236 e. The first-order valence-corrected chi connectivity index (χ1v) is 9.57. The third kappa shape index (κ3) is 3.18. The summed E-state index contributed by atoms with van der Waals surface area (Å²) >= 11 is 2.78. The first-order chi connectivity index (χ1) is 11.5. The van der Waals surface area contributed by atoms with Gasteiger partial charge in [0, 0.05) is 24.3 Å². The Morgan fingerprint density at radius 2 is 2.17 bits per heavy atom. The van der Waals surface area contributed by atoms with Gasteiger partial charge in [0.2, 0.25) is 5.91 Å². The van der Waals surface area contributed by atoms with Crippen molar-refractivity contribution in [1.82, 2.24) is 4.90 Å². The van der Waals surface area contributed by atoms with Gasteiger partial charge < -0.3 is 15.0 Å². The van der Waals surface area contributed by atoms with Crippen LogP contribution in [0.25, 0.3) is 0 Å². The first-order valence-electron chi connectivity index (χ1n) is 7.71. The van der Waals surface area contributed by atoms with Crippen LogP contribution in [0, 0.1) is 5.92 Å². The minimum atomic E-state index is -1.33. The Bertz CT molecular complexity index is 678. The molecule has 1 amide bonds. The van der Waals surface area contributed by atoms with E-state index in [4.69, 9.17) is 0 Å². The number of carboxylic acid groups (broad SMARTS) is 1. The molecule has 128 valence electrons. The number of carbonyl (C=O) groups is 2. The van der Waals surface area contributed by atoms with Gasteiger partial charge in [-0.1, -0.05) is 17.8 Å². The molecule has 3 rings (SSSR count). The number of amides is 1. The van der Waals surface area contributed by atoms with E-state index in [1.165, 1.54) is 28.4 Å². The number of carbonyl (C=O) groups excluding carboxylic acids is 2. The van der Waals surface area contributed by atoms with Crippen LogP contribution in [0.2, 0.25) is 0 Å². The predicted molar refractivity (Wildman–Crippen MR) is 89.1 cm³/mol. The Kier molecular flexibility index (Phi) is 5.17. The summed E-state index contributed by atoms with van der Waals surface area (Å²) in [6.07, 6.45) is 4.06. The van der Waals surface area contributed by atoms with E-state index in [9.17, 15) is 19.8 Å². The Balaban J connectivity index is 1.60. The third-order valence-electron chi connectivity index (χ3n) is 4.03. The van der Waals surface area contributed by atoms with Gasteiger partial charge in [-0.05, 0) is 6.92 Å². The van der Waals surface area contributed by atoms with E-state index in [2.05, 4.69) is 4.57 Å². The molecule has 1 saturated heterocycles. The number of thioether (sulfide) groups is 2. The van der Waals surface area contributed by atoms with Crippen LogP contribution >= 0.6 is 23.5 Å². The monoisotopic (exact) mass is 366 g/mol. The average Bonchev–Trinajstić information content (AvgIpc) is 2.86. The quantitative estimate of drug-likeness (QED) is 0.413. The number of aliphatic hydroxyl groups excluding tert-OH is 1. The second-order valence-corrected chi connectivity index (χ2v) is 8.21. The highest BCUT2D eigenvalue weighted by Crippen LogP contribution is 2.53. The summed E-state index contributed by atoms with van der Waals surface area (Å²) in [6.45, 7) is 2.40. The highest BCUT2D eigenvalue weighted by molar-refractivity contribution is 8.22. The van der Waals surface area contributed by atoms with E-state index >= 15 is 0 Å². The second-order valence-electron chi connectivity index (χ2n) is 5.72. The number of hydrogen-bond donors (Lipinski definition) is 1. The van der Waals surface area contributed by atoms with E-state index < -0.39 is 18.0 Å². The van der Waals surface area contributed by atoms with Crippen molar-refractivity contribution in [3.63, 3.8) is 0 Å². The lowest BCUT2D eigenvalue weighted by atomic mass is 9.92.